The maximum absolute atomic E-state index is 13.0. The topological polar surface area (TPSA) is 137 Å². The number of hydrogen-bond donors (Lipinski definition) is 3. The number of carboxylic acid groups (broad SMARTS) is 1. The number of methoxy groups -OCH3 is 1. The van der Waals surface area contributed by atoms with E-state index in [2.05, 4.69) is 21.7 Å². The lowest BCUT2D eigenvalue weighted by Gasteiger charge is -2.42. The molecule has 0 bridgehead atoms. The Morgan fingerprint density at radius 1 is 1.35 bits per heavy atom. The fraction of sp³-hybridized carbons (Fsp3) is 0.391. The first-order valence-electron chi connectivity index (χ1n) is 10.8. The molecule has 2 aliphatic rings. The van der Waals surface area contributed by atoms with Gasteiger partial charge in [-0.1, -0.05) is 11.6 Å². The number of nitrogens with one attached hydrogen (secondary N) is 2. The highest BCUT2D eigenvalue weighted by molar-refractivity contribution is 6.31. The van der Waals surface area contributed by atoms with E-state index in [0.29, 0.717) is 48.1 Å². The number of benzene rings is 1. The smallest absolute Gasteiger partial charge is 0.354 e. The fourth-order valence-corrected chi connectivity index (χ4v) is 4.39. The first-order valence-corrected chi connectivity index (χ1v) is 11.1. The number of piperidine rings is 1. The Labute approximate surface area is 201 Å². The average Bonchev–Trinajstić information content (AvgIpc) is 2.85. The van der Waals surface area contributed by atoms with Crippen molar-refractivity contribution in [1.29, 1.82) is 5.26 Å². The van der Waals surface area contributed by atoms with Crippen LogP contribution in [0.5, 0.6) is 11.6 Å². The quantitative estimate of drug-likeness (QED) is 0.535. The van der Waals surface area contributed by atoms with Gasteiger partial charge in [0.1, 0.15) is 12.4 Å². The van der Waals surface area contributed by atoms with Gasteiger partial charge in [0.05, 0.1) is 38.4 Å². The van der Waals surface area contributed by atoms with Crippen molar-refractivity contribution in [2.45, 2.75) is 18.5 Å². The number of pyridine rings is 1. The van der Waals surface area contributed by atoms with E-state index in [9.17, 15) is 20.0 Å². The zero-order chi connectivity index (χ0) is 24.2. The third-order valence-electron chi connectivity index (χ3n) is 5.99. The number of aromatic nitrogens is 1. The van der Waals surface area contributed by atoms with Gasteiger partial charge in [-0.25, -0.2) is 9.78 Å². The molecule has 1 aromatic heterocycles. The van der Waals surface area contributed by atoms with Crippen molar-refractivity contribution in [2.24, 2.45) is 5.92 Å². The number of carbonyl (C=O) groups is 2. The van der Waals surface area contributed by atoms with Gasteiger partial charge < -0.3 is 24.8 Å². The molecule has 2 fully saturated rings. The number of carboxylic acids is 1. The minimum absolute atomic E-state index is 0.00963. The number of halogens is 1. The zero-order valence-electron chi connectivity index (χ0n) is 18.5. The van der Waals surface area contributed by atoms with E-state index in [0.717, 1.165) is 0 Å². The van der Waals surface area contributed by atoms with Crippen LogP contribution in [0, 0.1) is 17.2 Å². The SMILES string of the molecule is COc1cc(-c2cc(Cl)ccc2OCCN2CNC3CNC(C#N)CC3C2=O)cc(C(=O)O)n1. The predicted molar refractivity (Wildman–Crippen MR) is 123 cm³/mol. The van der Waals surface area contributed by atoms with Crippen LogP contribution in [0.25, 0.3) is 11.1 Å². The molecule has 2 aliphatic heterocycles. The second kappa shape index (κ2) is 10.3. The Morgan fingerprint density at radius 2 is 2.18 bits per heavy atom. The van der Waals surface area contributed by atoms with E-state index in [-0.39, 0.29) is 42.1 Å². The van der Waals surface area contributed by atoms with Gasteiger partial charge in [-0.15, -0.1) is 0 Å². The molecule has 1 amide bonds. The third-order valence-corrected chi connectivity index (χ3v) is 6.23. The van der Waals surface area contributed by atoms with Crippen molar-refractivity contribution in [3.63, 3.8) is 0 Å². The van der Waals surface area contributed by atoms with Crippen LogP contribution >= 0.6 is 11.6 Å². The lowest BCUT2D eigenvalue weighted by atomic mass is 9.86. The summed E-state index contributed by atoms with van der Waals surface area (Å²) in [6.07, 6.45) is 0.474. The molecule has 0 radical (unpaired) electrons. The monoisotopic (exact) mass is 485 g/mol. The molecule has 3 N–H and O–H groups in total. The minimum atomic E-state index is -1.18. The van der Waals surface area contributed by atoms with E-state index < -0.39 is 5.97 Å². The molecule has 0 saturated carbocycles. The third kappa shape index (κ3) is 5.07. The van der Waals surface area contributed by atoms with Gasteiger partial charge in [0.25, 0.3) is 0 Å². The van der Waals surface area contributed by atoms with Gasteiger partial charge >= 0.3 is 5.97 Å². The second-order valence-corrected chi connectivity index (χ2v) is 8.52. The molecular weight excluding hydrogens is 462 g/mol. The largest absolute Gasteiger partial charge is 0.491 e. The number of ether oxygens (including phenoxy) is 2. The summed E-state index contributed by atoms with van der Waals surface area (Å²) in [6.45, 7) is 1.55. The lowest BCUT2D eigenvalue weighted by molar-refractivity contribution is -0.142. The molecule has 34 heavy (non-hydrogen) atoms. The summed E-state index contributed by atoms with van der Waals surface area (Å²) in [6, 6.07) is 9.94. The molecule has 3 unspecified atom stereocenters. The summed E-state index contributed by atoms with van der Waals surface area (Å²) in [7, 11) is 1.41. The van der Waals surface area contributed by atoms with Crippen LogP contribution in [0.1, 0.15) is 16.9 Å². The fourth-order valence-electron chi connectivity index (χ4n) is 4.22. The van der Waals surface area contributed by atoms with Gasteiger partial charge in [0, 0.05) is 29.2 Å². The molecule has 1 aromatic carbocycles. The maximum Gasteiger partial charge on any atom is 0.354 e. The van der Waals surface area contributed by atoms with Crippen molar-refractivity contribution >= 4 is 23.5 Å². The summed E-state index contributed by atoms with van der Waals surface area (Å²) < 4.78 is 11.1. The van der Waals surface area contributed by atoms with Crippen molar-refractivity contribution in [3.8, 4) is 28.8 Å². The highest BCUT2D eigenvalue weighted by Crippen LogP contribution is 2.34. The van der Waals surface area contributed by atoms with Crippen LogP contribution in [0.2, 0.25) is 5.02 Å². The van der Waals surface area contributed by atoms with E-state index >= 15 is 0 Å². The Kier molecular flexibility index (Phi) is 7.17. The van der Waals surface area contributed by atoms with Crippen LogP contribution in [-0.2, 0) is 4.79 Å². The van der Waals surface area contributed by atoms with Crippen molar-refractivity contribution in [1.82, 2.24) is 20.5 Å². The number of aromatic carboxylic acids is 1. The summed E-state index contributed by atoms with van der Waals surface area (Å²) in [5.74, 6) is -0.788. The summed E-state index contributed by atoms with van der Waals surface area (Å²) in [5.41, 5.74) is 0.934. The predicted octanol–water partition coefficient (Wildman–Crippen LogP) is 1.75. The Morgan fingerprint density at radius 3 is 2.91 bits per heavy atom. The number of fused-ring (bicyclic) bond motifs is 1. The lowest BCUT2D eigenvalue weighted by Crippen LogP contribution is -2.64. The van der Waals surface area contributed by atoms with Gasteiger partial charge in [-0.2, -0.15) is 5.26 Å². The van der Waals surface area contributed by atoms with Gasteiger partial charge in [0.15, 0.2) is 5.69 Å². The van der Waals surface area contributed by atoms with Gasteiger partial charge in [0.2, 0.25) is 11.8 Å². The number of carbonyl (C=O) groups excluding carboxylic acids is 1. The number of rotatable bonds is 7. The van der Waals surface area contributed by atoms with Crippen LogP contribution in [0.4, 0.5) is 0 Å². The maximum atomic E-state index is 13.0. The molecular formula is C23H24ClN5O5. The minimum Gasteiger partial charge on any atom is -0.491 e. The molecule has 2 saturated heterocycles. The van der Waals surface area contributed by atoms with Crippen LogP contribution in [0.15, 0.2) is 30.3 Å². The highest BCUT2D eigenvalue weighted by atomic mass is 35.5. The van der Waals surface area contributed by atoms with Crippen molar-refractivity contribution < 1.29 is 24.2 Å². The number of amides is 1. The molecule has 0 spiro atoms. The van der Waals surface area contributed by atoms with E-state index in [1.807, 2.05) is 0 Å². The van der Waals surface area contributed by atoms with Gasteiger partial charge in [-0.3, -0.25) is 10.1 Å². The van der Waals surface area contributed by atoms with Crippen LogP contribution in [-0.4, -0.2) is 72.4 Å². The molecule has 10 nitrogen and oxygen atoms in total. The van der Waals surface area contributed by atoms with Crippen LogP contribution in [0.3, 0.4) is 0 Å². The first kappa shape index (κ1) is 23.8. The normalized spacial score (nSPS) is 22.0. The van der Waals surface area contributed by atoms with Crippen LogP contribution < -0.4 is 20.1 Å². The molecule has 4 rings (SSSR count). The van der Waals surface area contributed by atoms with E-state index in [1.54, 1.807) is 29.2 Å². The molecule has 0 aliphatic carbocycles. The molecule has 2 aromatic rings. The van der Waals surface area contributed by atoms with Crippen molar-refractivity contribution in [2.75, 3.05) is 33.5 Å². The molecule has 11 heteroatoms. The van der Waals surface area contributed by atoms with E-state index in [1.165, 1.54) is 13.2 Å². The number of hydrogen-bond acceptors (Lipinski definition) is 8. The van der Waals surface area contributed by atoms with E-state index in [4.69, 9.17) is 21.1 Å². The second-order valence-electron chi connectivity index (χ2n) is 8.08. The Balaban J connectivity index is 1.48. The first-order chi connectivity index (χ1) is 16.4. The zero-order valence-corrected chi connectivity index (χ0v) is 19.2. The standard InChI is InChI=1S/C23H24ClN5O5/c1-33-21-7-13(6-18(28-21)23(31)32)16-8-14(24)2-3-20(16)34-5-4-29-12-27-19-11-26-15(10-25)9-17(19)22(29)30/h2-3,6-8,15,17,19,26-27H,4-5,9,11-12H2,1H3,(H,31,32). The summed E-state index contributed by atoms with van der Waals surface area (Å²) in [5, 5.41) is 25.5. The average molecular weight is 486 g/mol. The molecule has 3 atom stereocenters. The number of nitrogens with zero attached hydrogens (tertiary/aromatic N) is 3. The Bertz CT molecular complexity index is 1140. The summed E-state index contributed by atoms with van der Waals surface area (Å²) >= 11 is 6.20. The van der Waals surface area contributed by atoms with Gasteiger partial charge in [-0.05, 0) is 36.2 Å². The van der Waals surface area contributed by atoms with Crippen molar-refractivity contribution in [3.05, 3.63) is 41.0 Å². The molecule has 178 valence electrons. The molecule has 3 heterocycles. The number of nitriles is 1. The highest BCUT2D eigenvalue weighted by Gasteiger charge is 2.40. The Hall–Kier alpha value is -3.39. The summed E-state index contributed by atoms with van der Waals surface area (Å²) in [4.78, 5) is 30.1.